The molecule has 0 bridgehead atoms. The van der Waals surface area contributed by atoms with Gasteiger partial charge in [-0.2, -0.15) is 13.2 Å². The Morgan fingerprint density at radius 1 is 1.62 bits per heavy atom. The van der Waals surface area contributed by atoms with Gasteiger partial charge in [-0.3, -0.25) is 4.79 Å². The highest BCUT2D eigenvalue weighted by Gasteiger charge is 2.40. The smallest absolute Gasteiger partial charge is 0.296 e. The van der Waals surface area contributed by atoms with E-state index in [-0.39, 0.29) is 10.7 Å². The lowest BCUT2D eigenvalue weighted by atomic mass is 10.4. The first-order valence-electron chi connectivity index (χ1n) is 3.06. The number of carbonyl (C=O) groups excluding carboxylic acids is 1. The molecule has 72 valence electrons. The van der Waals surface area contributed by atoms with Crippen molar-refractivity contribution in [2.75, 3.05) is 0 Å². The third kappa shape index (κ3) is 2.50. The second-order valence-electron chi connectivity index (χ2n) is 2.13. The molecule has 1 unspecified atom stereocenters. The normalized spacial score (nSPS) is 14.2. The molecule has 0 aliphatic heterocycles. The average Bonchev–Trinajstić information content (AvgIpc) is 2.48. The minimum atomic E-state index is -4.38. The van der Waals surface area contributed by atoms with Crippen molar-refractivity contribution >= 4 is 33.6 Å². The number of rotatable bonds is 2. The maximum absolute atomic E-state index is 12.1. The van der Waals surface area contributed by atoms with Crippen LogP contribution < -0.4 is 0 Å². The van der Waals surface area contributed by atoms with E-state index in [4.69, 9.17) is 0 Å². The molecule has 1 heterocycles. The van der Waals surface area contributed by atoms with Crippen LogP contribution in [0, 0.1) is 0 Å². The Bertz CT molecular complexity index is 311. The molecule has 1 aromatic heterocycles. The predicted octanol–water partition coefficient (Wildman–Crippen LogP) is 2.95. The summed E-state index contributed by atoms with van der Waals surface area (Å²) in [5, 5.41) is 1.12. The monoisotopic (exact) mass is 273 g/mol. The van der Waals surface area contributed by atoms with Crippen molar-refractivity contribution in [2.24, 2.45) is 0 Å². The number of carbonyl (C=O) groups is 1. The van der Waals surface area contributed by atoms with E-state index in [1.54, 1.807) is 0 Å². The van der Waals surface area contributed by atoms with Crippen molar-refractivity contribution in [1.29, 1.82) is 0 Å². The first kappa shape index (κ1) is 10.6. The topological polar surface area (TPSA) is 30.0 Å². The van der Waals surface area contributed by atoms with Crippen molar-refractivity contribution in [3.05, 3.63) is 16.1 Å². The van der Waals surface area contributed by atoms with Gasteiger partial charge in [0.1, 0.15) is 10.7 Å². The van der Waals surface area contributed by atoms with Gasteiger partial charge in [0, 0.05) is 5.38 Å². The van der Waals surface area contributed by atoms with Crippen molar-refractivity contribution in [3.8, 4) is 0 Å². The molecule has 1 aromatic rings. The molecule has 0 aliphatic rings. The molecule has 0 radical (unpaired) electrons. The molecule has 1 rings (SSSR count). The van der Waals surface area contributed by atoms with Gasteiger partial charge in [-0.25, -0.2) is 4.98 Å². The minimum absolute atomic E-state index is 0.0219. The van der Waals surface area contributed by atoms with Crippen LogP contribution in [0.15, 0.2) is 5.38 Å². The molecule has 0 spiro atoms. The third-order valence-corrected chi connectivity index (χ3v) is 3.35. The summed E-state index contributed by atoms with van der Waals surface area (Å²) in [5.41, 5.74) is 0.0219. The number of nitrogens with zero attached hydrogens (tertiary/aromatic N) is 1. The Morgan fingerprint density at radius 2 is 2.23 bits per heavy atom. The molecule has 1 atom stereocenters. The van der Waals surface area contributed by atoms with Crippen molar-refractivity contribution in [2.45, 2.75) is 11.0 Å². The van der Waals surface area contributed by atoms with Crippen LogP contribution in [-0.2, 0) is 0 Å². The molecule has 0 N–H and O–H groups in total. The molecule has 7 heteroatoms. The largest absolute Gasteiger partial charge is 0.407 e. The summed E-state index contributed by atoms with van der Waals surface area (Å²) in [7, 11) is 0. The zero-order chi connectivity index (χ0) is 10.1. The van der Waals surface area contributed by atoms with Crippen LogP contribution in [0.2, 0.25) is 0 Å². The van der Waals surface area contributed by atoms with Crippen LogP contribution in [0.1, 0.15) is 20.3 Å². The molecule has 0 fully saturated rings. The summed E-state index contributed by atoms with van der Waals surface area (Å²) in [6.45, 7) is 0. The average molecular weight is 274 g/mol. The Labute approximate surface area is 83.9 Å². The van der Waals surface area contributed by atoms with Crippen LogP contribution in [0.25, 0.3) is 0 Å². The van der Waals surface area contributed by atoms with Gasteiger partial charge in [0.25, 0.3) is 0 Å². The van der Waals surface area contributed by atoms with Gasteiger partial charge in [0.15, 0.2) is 11.1 Å². The first-order chi connectivity index (χ1) is 5.95. The number of halogens is 4. The quantitative estimate of drug-likeness (QED) is 0.613. The Morgan fingerprint density at radius 3 is 2.62 bits per heavy atom. The lowest BCUT2D eigenvalue weighted by Gasteiger charge is -2.10. The van der Waals surface area contributed by atoms with Crippen molar-refractivity contribution < 1.29 is 18.0 Å². The van der Waals surface area contributed by atoms with Crippen LogP contribution in [0.5, 0.6) is 0 Å². The summed E-state index contributed by atoms with van der Waals surface area (Å²) in [5.74, 6) is 0. The summed E-state index contributed by atoms with van der Waals surface area (Å²) in [4.78, 5) is 11.8. The fraction of sp³-hybridized carbons (Fsp3) is 0.333. The van der Waals surface area contributed by atoms with Crippen LogP contribution in [0.3, 0.4) is 0 Å². The van der Waals surface area contributed by atoms with E-state index in [9.17, 15) is 18.0 Å². The maximum atomic E-state index is 12.1. The maximum Gasteiger partial charge on any atom is 0.407 e. The Hall–Kier alpha value is -0.430. The molecule has 13 heavy (non-hydrogen) atoms. The van der Waals surface area contributed by atoms with Gasteiger partial charge in [-0.05, 0) is 0 Å². The number of aromatic nitrogens is 1. The molecule has 0 amide bonds. The van der Waals surface area contributed by atoms with Gasteiger partial charge >= 0.3 is 6.18 Å². The number of alkyl halides is 4. The molecular formula is C6H3BrF3NOS. The fourth-order valence-electron chi connectivity index (χ4n) is 0.611. The number of hydrogen-bond donors (Lipinski definition) is 0. The molecular weight excluding hydrogens is 271 g/mol. The van der Waals surface area contributed by atoms with Crippen LogP contribution in [0.4, 0.5) is 13.2 Å². The van der Waals surface area contributed by atoms with E-state index in [1.807, 2.05) is 0 Å². The van der Waals surface area contributed by atoms with E-state index in [2.05, 4.69) is 20.9 Å². The first-order valence-corrected chi connectivity index (χ1v) is 4.86. The minimum Gasteiger partial charge on any atom is -0.296 e. The highest BCUT2D eigenvalue weighted by Crippen LogP contribution is 2.40. The standard InChI is InChI=1S/C6H3BrF3NOS/c7-4(6(8,9)10)5-11-3(1-12)2-13-5/h1-2,4H. The molecule has 0 saturated carbocycles. The Balaban J connectivity index is 2.89. The molecule has 0 aromatic carbocycles. The lowest BCUT2D eigenvalue weighted by Crippen LogP contribution is -2.14. The van der Waals surface area contributed by atoms with E-state index in [0.717, 1.165) is 11.3 Å². The van der Waals surface area contributed by atoms with Crippen molar-refractivity contribution in [1.82, 2.24) is 4.98 Å². The van der Waals surface area contributed by atoms with E-state index in [1.165, 1.54) is 5.38 Å². The van der Waals surface area contributed by atoms with Crippen LogP contribution in [-0.4, -0.2) is 17.4 Å². The number of thiazole rings is 1. The lowest BCUT2D eigenvalue weighted by molar-refractivity contribution is -0.128. The predicted molar refractivity (Wildman–Crippen MR) is 45.2 cm³/mol. The SMILES string of the molecule is O=Cc1csc(C(Br)C(F)(F)F)n1. The summed E-state index contributed by atoms with van der Waals surface area (Å²) < 4.78 is 36.2. The molecule has 0 saturated heterocycles. The van der Waals surface area contributed by atoms with E-state index >= 15 is 0 Å². The Kier molecular flexibility index (Phi) is 3.07. The molecule has 2 nitrogen and oxygen atoms in total. The van der Waals surface area contributed by atoms with Crippen LogP contribution >= 0.6 is 27.3 Å². The number of hydrogen-bond acceptors (Lipinski definition) is 3. The molecule has 0 aliphatic carbocycles. The van der Waals surface area contributed by atoms with E-state index < -0.39 is 11.0 Å². The second kappa shape index (κ2) is 3.75. The van der Waals surface area contributed by atoms with Gasteiger partial charge in [0.2, 0.25) is 0 Å². The summed E-state index contributed by atoms with van der Waals surface area (Å²) in [6.07, 6.45) is -3.96. The number of aldehydes is 1. The summed E-state index contributed by atoms with van der Waals surface area (Å²) >= 11 is 3.26. The second-order valence-corrected chi connectivity index (χ2v) is 3.94. The summed E-state index contributed by atoms with van der Waals surface area (Å²) in [6, 6.07) is 0. The third-order valence-electron chi connectivity index (χ3n) is 1.16. The zero-order valence-corrected chi connectivity index (χ0v) is 8.41. The fourth-order valence-corrected chi connectivity index (χ4v) is 1.80. The van der Waals surface area contributed by atoms with E-state index in [0.29, 0.717) is 6.29 Å². The van der Waals surface area contributed by atoms with Gasteiger partial charge in [-0.15, -0.1) is 11.3 Å². The zero-order valence-electron chi connectivity index (χ0n) is 6.01. The van der Waals surface area contributed by atoms with Gasteiger partial charge in [-0.1, -0.05) is 15.9 Å². The van der Waals surface area contributed by atoms with Gasteiger partial charge in [0.05, 0.1) is 0 Å². The highest BCUT2D eigenvalue weighted by atomic mass is 79.9. The van der Waals surface area contributed by atoms with Gasteiger partial charge < -0.3 is 0 Å². The van der Waals surface area contributed by atoms with Crippen molar-refractivity contribution in [3.63, 3.8) is 0 Å². The highest BCUT2D eigenvalue weighted by molar-refractivity contribution is 9.09.